The Labute approximate surface area is 168 Å². The van der Waals surface area contributed by atoms with Crippen LogP contribution in [0.1, 0.15) is 37.9 Å². The molecule has 1 heterocycles. The van der Waals surface area contributed by atoms with Crippen molar-refractivity contribution in [3.05, 3.63) is 76.8 Å². The Balaban J connectivity index is 1.98. The highest BCUT2D eigenvalue weighted by atomic mass is 16.4. The van der Waals surface area contributed by atoms with E-state index in [4.69, 9.17) is 0 Å². The van der Waals surface area contributed by atoms with Gasteiger partial charge in [0, 0.05) is 0 Å². The van der Waals surface area contributed by atoms with E-state index in [-0.39, 0.29) is 11.5 Å². The summed E-state index contributed by atoms with van der Waals surface area (Å²) in [5.41, 5.74) is 0.675. The van der Waals surface area contributed by atoms with Gasteiger partial charge in [-0.2, -0.15) is 0 Å². The molecule has 7 heteroatoms. The van der Waals surface area contributed by atoms with Crippen LogP contribution in [-0.4, -0.2) is 26.5 Å². The van der Waals surface area contributed by atoms with Gasteiger partial charge < -0.3 is 10.4 Å². The summed E-state index contributed by atoms with van der Waals surface area (Å²) in [6, 6.07) is 13.3. The smallest absolute Gasteiger partial charge is 0.330 e. The fourth-order valence-corrected chi connectivity index (χ4v) is 3.27. The molecule has 2 atom stereocenters. The maximum absolute atomic E-state index is 13.1. The van der Waals surface area contributed by atoms with Gasteiger partial charge in [0.25, 0.3) is 5.56 Å². The number of para-hydroxylation sites is 1. The number of carboxylic acid groups (broad SMARTS) is 1. The largest absolute Gasteiger partial charge is 0.479 e. The molecule has 0 aliphatic rings. The van der Waals surface area contributed by atoms with E-state index in [2.05, 4.69) is 10.3 Å². The first kappa shape index (κ1) is 20.3. The van der Waals surface area contributed by atoms with E-state index in [1.807, 2.05) is 13.8 Å². The number of rotatable bonds is 7. The normalized spacial score (nSPS) is 13.2. The lowest BCUT2D eigenvalue weighted by molar-refractivity contribution is -0.142. The molecular weight excluding hydrogens is 370 g/mol. The van der Waals surface area contributed by atoms with Crippen LogP contribution in [0.2, 0.25) is 0 Å². The fraction of sp³-hybridized carbons (Fsp3) is 0.273. The first-order valence-electron chi connectivity index (χ1n) is 9.42. The lowest BCUT2D eigenvalue weighted by atomic mass is 10.0. The molecule has 0 saturated heterocycles. The molecule has 1 amide bonds. The number of hydrogen-bond acceptors (Lipinski definition) is 4. The maximum atomic E-state index is 13.1. The number of carboxylic acids is 1. The molecule has 2 aromatic carbocycles. The zero-order valence-electron chi connectivity index (χ0n) is 16.3. The van der Waals surface area contributed by atoms with E-state index >= 15 is 0 Å². The molecule has 0 spiro atoms. The van der Waals surface area contributed by atoms with E-state index in [1.165, 1.54) is 10.9 Å². The van der Waals surface area contributed by atoms with Crippen LogP contribution in [0.5, 0.6) is 0 Å². The summed E-state index contributed by atoms with van der Waals surface area (Å²) in [6.45, 7) is 3.87. The zero-order chi connectivity index (χ0) is 21.0. The number of amides is 1. The number of hydrogen-bond donors (Lipinski definition) is 2. The van der Waals surface area contributed by atoms with Gasteiger partial charge >= 0.3 is 5.97 Å². The van der Waals surface area contributed by atoms with Crippen LogP contribution < -0.4 is 10.9 Å². The number of nitrogens with one attached hydrogen (secondary N) is 1. The van der Waals surface area contributed by atoms with E-state index in [0.717, 1.165) is 0 Å². The minimum atomic E-state index is -1.21. The molecule has 0 bridgehead atoms. The Bertz CT molecular complexity index is 1080. The second-order valence-electron chi connectivity index (χ2n) is 7.31. The quantitative estimate of drug-likeness (QED) is 0.643. The number of nitrogens with zero attached hydrogens (tertiary/aromatic N) is 2. The van der Waals surface area contributed by atoms with Crippen LogP contribution in [0.25, 0.3) is 10.9 Å². The molecule has 0 unspecified atom stereocenters. The average Bonchev–Trinajstić information content (AvgIpc) is 2.71. The van der Waals surface area contributed by atoms with E-state index < -0.39 is 24.0 Å². The molecule has 0 saturated carbocycles. The monoisotopic (exact) mass is 393 g/mol. The van der Waals surface area contributed by atoms with Crippen molar-refractivity contribution < 1.29 is 14.7 Å². The lowest BCUT2D eigenvalue weighted by Crippen LogP contribution is -2.41. The van der Waals surface area contributed by atoms with Crippen molar-refractivity contribution >= 4 is 22.8 Å². The molecule has 29 heavy (non-hydrogen) atoms. The Hall–Kier alpha value is -3.48. The minimum Gasteiger partial charge on any atom is -0.479 e. The van der Waals surface area contributed by atoms with Crippen LogP contribution in [0.15, 0.2) is 65.7 Å². The topological polar surface area (TPSA) is 101 Å². The van der Waals surface area contributed by atoms with E-state index in [1.54, 1.807) is 54.6 Å². The number of carbonyl (C=O) groups excluding carboxylic acids is 1. The third-order valence-corrected chi connectivity index (χ3v) is 4.69. The third kappa shape index (κ3) is 4.51. The van der Waals surface area contributed by atoms with Gasteiger partial charge in [-0.1, -0.05) is 56.3 Å². The molecule has 1 aromatic heterocycles. The Morgan fingerprint density at radius 1 is 1.07 bits per heavy atom. The summed E-state index contributed by atoms with van der Waals surface area (Å²) in [5, 5.41) is 12.6. The van der Waals surface area contributed by atoms with Gasteiger partial charge in [-0.25, -0.2) is 9.78 Å². The summed E-state index contributed by atoms with van der Waals surface area (Å²) in [5.74, 6) is -1.60. The molecule has 0 radical (unpaired) electrons. The van der Waals surface area contributed by atoms with Gasteiger partial charge in [0.2, 0.25) is 5.91 Å². The number of aromatic nitrogens is 2. The summed E-state index contributed by atoms with van der Waals surface area (Å²) < 4.78 is 1.29. The highest BCUT2D eigenvalue weighted by Crippen LogP contribution is 2.20. The van der Waals surface area contributed by atoms with Crippen molar-refractivity contribution in [2.24, 2.45) is 5.92 Å². The lowest BCUT2D eigenvalue weighted by Gasteiger charge is -2.23. The second kappa shape index (κ2) is 8.68. The van der Waals surface area contributed by atoms with Crippen molar-refractivity contribution in [3.8, 4) is 0 Å². The Morgan fingerprint density at radius 3 is 2.38 bits per heavy atom. The van der Waals surface area contributed by atoms with Crippen LogP contribution in [-0.2, 0) is 9.59 Å². The molecule has 2 N–H and O–H groups in total. The molecule has 0 aliphatic heterocycles. The van der Waals surface area contributed by atoms with Crippen LogP contribution in [0, 0.1) is 5.92 Å². The van der Waals surface area contributed by atoms with Crippen molar-refractivity contribution in [1.82, 2.24) is 14.9 Å². The number of carbonyl (C=O) groups is 2. The predicted molar refractivity (Wildman–Crippen MR) is 109 cm³/mol. The SMILES string of the molecule is CC(C)C[C@H](C(=O)N[C@H](C(=O)O)c1ccccc1)n1cnc2ccccc2c1=O. The number of benzene rings is 2. The molecule has 3 aromatic rings. The summed E-state index contributed by atoms with van der Waals surface area (Å²) >= 11 is 0. The third-order valence-electron chi connectivity index (χ3n) is 4.69. The van der Waals surface area contributed by atoms with Gasteiger partial charge in [-0.15, -0.1) is 0 Å². The molecule has 0 aliphatic carbocycles. The molecule has 7 nitrogen and oxygen atoms in total. The van der Waals surface area contributed by atoms with Crippen molar-refractivity contribution in [2.75, 3.05) is 0 Å². The van der Waals surface area contributed by atoms with Crippen LogP contribution in [0.3, 0.4) is 0 Å². The first-order valence-corrected chi connectivity index (χ1v) is 9.42. The second-order valence-corrected chi connectivity index (χ2v) is 7.31. The minimum absolute atomic E-state index is 0.101. The van der Waals surface area contributed by atoms with Gasteiger partial charge in [-0.05, 0) is 30.0 Å². The zero-order valence-corrected chi connectivity index (χ0v) is 16.3. The number of aliphatic carboxylic acids is 1. The van der Waals surface area contributed by atoms with Gasteiger partial charge in [0.05, 0.1) is 17.2 Å². The summed E-state index contributed by atoms with van der Waals surface area (Å²) in [4.78, 5) is 42.1. The fourth-order valence-electron chi connectivity index (χ4n) is 3.27. The van der Waals surface area contributed by atoms with Crippen molar-refractivity contribution in [3.63, 3.8) is 0 Å². The van der Waals surface area contributed by atoms with E-state index in [9.17, 15) is 19.5 Å². The Morgan fingerprint density at radius 2 is 1.72 bits per heavy atom. The van der Waals surface area contributed by atoms with Gasteiger partial charge in [0.1, 0.15) is 6.04 Å². The standard InChI is InChI=1S/C22H23N3O4/c1-14(2)12-18(25-13-23-17-11-7-6-10-16(17)21(25)27)20(26)24-19(22(28)29)15-8-4-3-5-9-15/h3-11,13-14,18-19H,12H2,1-2H3,(H,24,26)(H,28,29)/t18-,19+/m1/s1. The predicted octanol–water partition coefficient (Wildman–Crippen LogP) is 2.93. The van der Waals surface area contributed by atoms with Crippen molar-refractivity contribution in [2.45, 2.75) is 32.4 Å². The summed E-state index contributed by atoms with van der Waals surface area (Å²) in [7, 11) is 0. The first-order chi connectivity index (χ1) is 13.9. The summed E-state index contributed by atoms with van der Waals surface area (Å²) in [6.07, 6.45) is 1.72. The van der Waals surface area contributed by atoms with Crippen LogP contribution in [0.4, 0.5) is 0 Å². The molecule has 0 fully saturated rings. The average molecular weight is 393 g/mol. The van der Waals surface area contributed by atoms with Crippen LogP contribution >= 0.6 is 0 Å². The number of fused-ring (bicyclic) bond motifs is 1. The molecule has 150 valence electrons. The van der Waals surface area contributed by atoms with E-state index in [0.29, 0.717) is 22.9 Å². The highest BCUT2D eigenvalue weighted by Gasteiger charge is 2.29. The molecule has 3 rings (SSSR count). The Kier molecular flexibility index (Phi) is 6.07. The van der Waals surface area contributed by atoms with Gasteiger partial charge in [0.15, 0.2) is 6.04 Å². The van der Waals surface area contributed by atoms with Crippen molar-refractivity contribution in [1.29, 1.82) is 0 Å². The maximum Gasteiger partial charge on any atom is 0.330 e. The van der Waals surface area contributed by atoms with Gasteiger partial charge in [-0.3, -0.25) is 14.2 Å². The molecular formula is C22H23N3O4. The highest BCUT2D eigenvalue weighted by molar-refractivity contribution is 5.87.